The van der Waals surface area contributed by atoms with Crippen molar-refractivity contribution in [3.05, 3.63) is 176 Å². The lowest BCUT2D eigenvalue weighted by Crippen LogP contribution is -2.56. The van der Waals surface area contributed by atoms with Crippen molar-refractivity contribution in [3.63, 3.8) is 0 Å². The summed E-state index contributed by atoms with van der Waals surface area (Å²) >= 11 is 0. The van der Waals surface area contributed by atoms with Gasteiger partial charge in [-0.3, -0.25) is 0 Å². The van der Waals surface area contributed by atoms with E-state index in [2.05, 4.69) is 31.9 Å². The molecule has 0 radical (unpaired) electrons. The van der Waals surface area contributed by atoms with Crippen LogP contribution in [0.1, 0.15) is 155 Å². The van der Waals surface area contributed by atoms with Crippen LogP contribution in [-0.2, 0) is 94.4 Å². The van der Waals surface area contributed by atoms with E-state index in [-0.39, 0.29) is 12.6 Å². The monoisotopic (exact) mass is 1610 g/mol. The Morgan fingerprint density at radius 2 is 0.505 bits per heavy atom. The quantitative estimate of drug-likeness (QED) is 0.0202. The molecule has 0 N–H and O–H groups in total. The fourth-order valence-electron chi connectivity index (χ4n) is 10.8. The van der Waals surface area contributed by atoms with Crippen LogP contribution in [0, 0.1) is 0 Å². The molecule has 0 saturated carbocycles. The van der Waals surface area contributed by atoms with Gasteiger partial charge >= 0.3 is 44.0 Å². The van der Waals surface area contributed by atoms with Crippen LogP contribution in [0.25, 0.3) is 0 Å². The van der Waals surface area contributed by atoms with E-state index in [0.29, 0.717) is 144 Å². The zero-order chi connectivity index (χ0) is 80.9. The lowest BCUT2D eigenvalue weighted by molar-refractivity contribution is -0.0616. The summed E-state index contributed by atoms with van der Waals surface area (Å²) in [5.41, 5.74) is 3.52. The Hall–Kier alpha value is -5.28. The van der Waals surface area contributed by atoms with Crippen LogP contribution in [0.5, 0.6) is 28.7 Å². The molecule has 2 atom stereocenters. The molecule has 5 rings (SSSR count). The number of aryl methyl sites for hydroxylation is 1. The highest BCUT2D eigenvalue weighted by Gasteiger charge is 2.46. The largest absolute Gasteiger partial charge is 0.537 e. The van der Waals surface area contributed by atoms with Crippen molar-refractivity contribution in [2.24, 2.45) is 0 Å². The molecule has 109 heavy (non-hydrogen) atoms. The van der Waals surface area contributed by atoms with Gasteiger partial charge in [0.2, 0.25) is 0 Å². The molecule has 5 aromatic rings. The first-order chi connectivity index (χ1) is 52.8. The van der Waals surface area contributed by atoms with Gasteiger partial charge in [-0.15, -0.1) is 0 Å². The van der Waals surface area contributed by atoms with Gasteiger partial charge in [-0.05, 0) is 222 Å². The second-order valence-corrected chi connectivity index (χ2v) is 35.9. The maximum Gasteiger partial charge on any atom is 0.537 e. The molecule has 27 heteroatoms. The van der Waals surface area contributed by atoms with Crippen LogP contribution in [-0.4, -0.2) is 189 Å². The normalized spacial score (nSPS) is 12.1. The molecule has 0 aliphatic heterocycles. The first-order valence-corrected chi connectivity index (χ1v) is 48.4. The van der Waals surface area contributed by atoms with Gasteiger partial charge in [-0.25, -0.2) is 0 Å². The summed E-state index contributed by atoms with van der Waals surface area (Å²) in [6.45, 7) is 59.5. The third-order valence-electron chi connectivity index (χ3n) is 14.8. The average Bonchev–Trinajstić information content (AvgIpc) is 0.823. The number of ether oxygens (including phenoxy) is 7. The van der Waals surface area contributed by atoms with E-state index < -0.39 is 44.0 Å². The van der Waals surface area contributed by atoms with Gasteiger partial charge in [0.25, 0.3) is 0 Å². The van der Waals surface area contributed by atoms with Gasteiger partial charge in [0, 0.05) is 141 Å². The van der Waals surface area contributed by atoms with Crippen LogP contribution in [0.4, 0.5) is 0 Å². The van der Waals surface area contributed by atoms with E-state index in [9.17, 15) is 0 Å². The molecule has 2 unspecified atom stereocenters. The highest BCUT2D eigenvalue weighted by atomic mass is 28.4. The minimum Gasteiger partial charge on any atom is -0.490 e. The predicted octanol–water partition coefficient (Wildman–Crippen LogP) is 16.4. The van der Waals surface area contributed by atoms with Crippen molar-refractivity contribution in [1.82, 2.24) is 0 Å². The van der Waals surface area contributed by atoms with Crippen LogP contribution in [0.2, 0.25) is 6.04 Å². The Morgan fingerprint density at radius 3 is 0.752 bits per heavy atom. The van der Waals surface area contributed by atoms with Gasteiger partial charge in [0.05, 0.1) is 0 Å². The summed E-state index contributed by atoms with van der Waals surface area (Å²) in [6.07, 6.45) is 6.62. The number of hydrogen-bond acceptors (Lipinski definition) is 22. The number of hydrogen-bond donors (Lipinski definition) is 0. The minimum atomic E-state index is -2.84. The Bertz CT molecular complexity index is 2910. The van der Waals surface area contributed by atoms with Crippen LogP contribution in [0.15, 0.2) is 159 Å². The van der Waals surface area contributed by atoms with Crippen LogP contribution in [0.3, 0.4) is 0 Å². The first-order valence-electron chi connectivity index (χ1n) is 39.2. The average molecular weight is 1620 g/mol. The zero-order valence-electron chi connectivity index (χ0n) is 69.7. The third-order valence-corrected chi connectivity index (χ3v) is 30.1. The third kappa shape index (κ3) is 40.9. The predicted molar refractivity (Wildman–Crippen MR) is 446 cm³/mol. The molecule has 0 spiro atoms. The molecule has 22 nitrogen and oxygen atoms in total. The van der Waals surface area contributed by atoms with E-state index in [0.717, 1.165) is 69.1 Å². The van der Waals surface area contributed by atoms with Crippen molar-refractivity contribution in [3.8, 4) is 28.7 Å². The minimum absolute atomic E-state index is 0.255. The fraction of sp³-hybridized carbons (Fsp3) is 0.561. The lowest BCUT2D eigenvalue weighted by Gasteiger charge is -2.28. The highest BCUT2D eigenvalue weighted by Crippen LogP contribution is 2.25. The smallest absolute Gasteiger partial charge is 0.490 e. The molecule has 618 valence electrons. The lowest BCUT2D eigenvalue weighted by atomic mass is 10.1. The number of benzene rings is 5. The molecule has 0 aliphatic rings. The molecule has 0 fully saturated rings. The molecule has 5 aromatic carbocycles. The van der Waals surface area contributed by atoms with Crippen molar-refractivity contribution in [1.29, 1.82) is 0 Å². The second kappa shape index (κ2) is 62.2. The Labute approximate surface area is 662 Å². The van der Waals surface area contributed by atoms with Gasteiger partial charge in [-0.2, -0.15) is 0 Å². The molecule has 0 bridgehead atoms. The molecule has 0 aliphatic carbocycles. The Kier molecular flexibility index (Phi) is 58.1. The van der Waals surface area contributed by atoms with Crippen LogP contribution >= 0.6 is 0 Å². The van der Waals surface area contributed by atoms with E-state index in [4.69, 9.17) is 99.5 Å². The van der Waals surface area contributed by atoms with Crippen molar-refractivity contribution in [2.45, 2.75) is 175 Å². The first kappa shape index (κ1) is 102. The van der Waals surface area contributed by atoms with Crippen molar-refractivity contribution >= 4 is 54.4 Å². The summed E-state index contributed by atoms with van der Waals surface area (Å²) in [4.78, 5) is 0. The van der Waals surface area contributed by atoms with E-state index in [1.165, 1.54) is 5.56 Å². The summed E-state index contributed by atoms with van der Waals surface area (Å²) in [7, 11) is -13.5. The van der Waals surface area contributed by atoms with Gasteiger partial charge in [-0.1, -0.05) is 98.6 Å². The number of rotatable bonds is 57. The zero-order valence-corrected chi connectivity index (χ0v) is 74.7. The molecule has 0 aromatic heterocycles. The summed E-state index contributed by atoms with van der Waals surface area (Å²) in [5, 5.41) is 1.89. The van der Waals surface area contributed by atoms with Gasteiger partial charge in [0.15, 0.2) is 12.6 Å². The fourth-order valence-corrected chi connectivity index (χ4v) is 23.6. The van der Waals surface area contributed by atoms with Crippen molar-refractivity contribution in [2.75, 3.05) is 132 Å². The highest BCUT2D eigenvalue weighted by molar-refractivity contribution is 6.76. The Morgan fingerprint density at radius 1 is 0.275 bits per heavy atom. The molecular weight excluding hydrogens is 1480 g/mol. The topological polar surface area (TPSA) is 203 Å². The maximum atomic E-state index is 5.88. The van der Waals surface area contributed by atoms with Gasteiger partial charge < -0.3 is 99.5 Å². The standard InChI is InChI=1S/C18H30O4Si.C17H30O5Si.C16H28O5Si.C16H26O4Si.C15H24O4Si/c1-5-15-19-18-13-11-17(12-14-18)10-9-16-23(20-6-2,21-7-3)22-8-4;1-6-18-15(5)22-17-12-10-16(11-13-17)14-23(19-7-2,20-8-3)21-9-4;1-6-17-14(5)21-15-10-12-16(13-11-15)22(18-7-2,19-8-3)20-9-4;1-5-13-17-16-11-9-15(10-12-16)14-21(18-6-2,19-7-3)20-8-4;1-5-13-16-14-9-11-15(12-10-14)20(17-6-2,18-7-3)19-8-4/h5,11-14H,1,6-10,15-16H2,2-4H3;10-13,15H,6-9,14H2,1-5H3;10-14H,6-9H2,1-5H3;5,9-12H,1,6-8,13-14H2,2-4H3;5,9-12H,1,6-8,13H2,2-4H3. The molecule has 0 heterocycles. The van der Waals surface area contributed by atoms with Crippen LogP contribution < -0.4 is 34.1 Å². The van der Waals surface area contributed by atoms with E-state index in [1.54, 1.807) is 18.2 Å². The van der Waals surface area contributed by atoms with E-state index >= 15 is 0 Å². The maximum absolute atomic E-state index is 5.88. The summed E-state index contributed by atoms with van der Waals surface area (Å²) in [6, 6.07) is 41.6. The van der Waals surface area contributed by atoms with Gasteiger partial charge in [0.1, 0.15) is 48.6 Å². The molecule has 0 amide bonds. The molecular formula is C82H138O22Si5. The Balaban J connectivity index is 0.000000682. The van der Waals surface area contributed by atoms with E-state index in [1.807, 2.05) is 241 Å². The summed E-state index contributed by atoms with van der Waals surface area (Å²) in [5.74, 6) is 4.02. The molecule has 0 saturated heterocycles. The second-order valence-electron chi connectivity index (χ2n) is 22.9. The summed E-state index contributed by atoms with van der Waals surface area (Å²) < 4.78 is 127. The SMILES string of the molecule is C=CCOc1ccc(CCC[Si](OCC)(OCC)OCC)cc1.C=CCOc1ccc(C[Si](OCC)(OCC)OCC)cc1.C=CCOc1ccc([Si](OCC)(OCC)OCC)cc1.CCOC(C)Oc1ccc(C[Si](OCC)(OCC)OCC)cc1.CCOC(C)Oc1ccc([Si](OCC)(OCC)OCC)cc1. The van der Waals surface area contributed by atoms with Crippen molar-refractivity contribution < 1.29 is 99.5 Å².